The molecule has 6 heteroatoms. The van der Waals surface area contributed by atoms with Crippen LogP contribution in [0.3, 0.4) is 0 Å². The van der Waals surface area contributed by atoms with Crippen LogP contribution in [0.5, 0.6) is 0 Å². The highest BCUT2D eigenvalue weighted by atomic mass is 79.9. The quantitative estimate of drug-likeness (QED) is 0.596. The highest BCUT2D eigenvalue weighted by Crippen LogP contribution is 2.29. The van der Waals surface area contributed by atoms with E-state index in [4.69, 9.17) is 5.11 Å². The number of unbranched alkanes of at least 4 members (excludes halogenated alkanes) is 3. The number of carbonyl (C=O) groups is 1. The zero-order chi connectivity index (χ0) is 15.2. The topological polar surface area (TPSA) is 65.1 Å². The fourth-order valence-electron chi connectivity index (χ4n) is 2.19. The molecule has 114 valence electrons. The van der Waals surface area contributed by atoms with Crippen molar-refractivity contribution in [2.75, 3.05) is 13.2 Å². The van der Waals surface area contributed by atoms with Crippen molar-refractivity contribution in [3.8, 4) is 0 Å². The Kier molecular flexibility index (Phi) is 6.26. The predicted molar refractivity (Wildman–Crippen MR) is 91.6 cm³/mol. The summed E-state index contributed by atoms with van der Waals surface area (Å²) >= 11 is 6.91. The average molecular weight is 418 g/mol. The van der Waals surface area contributed by atoms with E-state index in [1.807, 2.05) is 12.1 Å². The number of nitrogens with one attached hydrogen (secondary N) is 2. The van der Waals surface area contributed by atoms with E-state index in [2.05, 4.69) is 42.2 Å². The first-order valence-electron chi connectivity index (χ1n) is 6.98. The van der Waals surface area contributed by atoms with Crippen molar-refractivity contribution in [2.45, 2.75) is 25.7 Å². The Hall–Kier alpha value is -0.850. The van der Waals surface area contributed by atoms with E-state index in [0.29, 0.717) is 12.1 Å². The zero-order valence-corrected chi connectivity index (χ0v) is 14.8. The SMILES string of the molecule is O=C(NCCCCCCO)c1c[nH]c2cc(Br)c(Br)cc12. The molecule has 1 aromatic carbocycles. The number of H-pyrrole nitrogens is 1. The van der Waals surface area contributed by atoms with Gasteiger partial charge in [0.2, 0.25) is 0 Å². The van der Waals surface area contributed by atoms with Crippen molar-refractivity contribution in [1.82, 2.24) is 10.3 Å². The summed E-state index contributed by atoms with van der Waals surface area (Å²) in [6.45, 7) is 0.904. The largest absolute Gasteiger partial charge is 0.396 e. The maximum absolute atomic E-state index is 12.2. The van der Waals surface area contributed by atoms with Gasteiger partial charge in [0, 0.05) is 39.2 Å². The van der Waals surface area contributed by atoms with Crippen LogP contribution >= 0.6 is 31.9 Å². The number of carbonyl (C=O) groups excluding carboxylic acids is 1. The molecule has 1 aromatic heterocycles. The number of aromatic nitrogens is 1. The molecule has 0 aliphatic carbocycles. The summed E-state index contributed by atoms with van der Waals surface area (Å²) in [6, 6.07) is 3.89. The first-order chi connectivity index (χ1) is 10.1. The molecule has 0 saturated heterocycles. The van der Waals surface area contributed by atoms with Crippen LogP contribution < -0.4 is 5.32 Å². The van der Waals surface area contributed by atoms with Gasteiger partial charge in [-0.05, 0) is 56.8 Å². The minimum absolute atomic E-state index is 0.0577. The summed E-state index contributed by atoms with van der Waals surface area (Å²) in [6.07, 6.45) is 5.53. The standard InChI is InChI=1S/C15H18Br2N2O2/c16-12-7-10-11(9-19-14(10)8-13(12)17)15(21)18-5-3-1-2-4-6-20/h7-9,19-20H,1-6H2,(H,18,21). The fraction of sp³-hybridized carbons (Fsp3) is 0.400. The number of hydrogen-bond donors (Lipinski definition) is 3. The second-order valence-electron chi connectivity index (χ2n) is 4.91. The van der Waals surface area contributed by atoms with E-state index < -0.39 is 0 Å². The lowest BCUT2D eigenvalue weighted by Gasteiger charge is -2.05. The van der Waals surface area contributed by atoms with E-state index in [9.17, 15) is 4.79 Å². The molecule has 0 unspecified atom stereocenters. The molecule has 0 aliphatic rings. The third-order valence-corrected chi connectivity index (χ3v) is 5.18. The molecule has 1 heterocycles. The number of halogens is 2. The van der Waals surface area contributed by atoms with E-state index in [1.54, 1.807) is 6.20 Å². The molecule has 0 spiro atoms. The molecule has 3 N–H and O–H groups in total. The maximum Gasteiger partial charge on any atom is 0.253 e. The summed E-state index contributed by atoms with van der Waals surface area (Å²) in [5.74, 6) is -0.0577. The Bertz CT molecular complexity index is 625. The maximum atomic E-state index is 12.2. The van der Waals surface area contributed by atoms with Gasteiger partial charge in [0.25, 0.3) is 5.91 Å². The molecule has 1 amide bonds. The van der Waals surface area contributed by atoms with Crippen molar-refractivity contribution < 1.29 is 9.90 Å². The number of benzene rings is 1. The van der Waals surface area contributed by atoms with Gasteiger partial charge in [-0.15, -0.1) is 0 Å². The van der Waals surface area contributed by atoms with Gasteiger partial charge in [-0.3, -0.25) is 4.79 Å². The van der Waals surface area contributed by atoms with Gasteiger partial charge in [0.15, 0.2) is 0 Å². The number of aliphatic hydroxyl groups excluding tert-OH is 1. The third-order valence-electron chi connectivity index (χ3n) is 3.34. The Morgan fingerprint density at radius 2 is 1.86 bits per heavy atom. The van der Waals surface area contributed by atoms with Crippen molar-refractivity contribution in [1.29, 1.82) is 0 Å². The summed E-state index contributed by atoms with van der Waals surface area (Å²) in [5, 5.41) is 12.5. The second-order valence-corrected chi connectivity index (χ2v) is 6.62. The van der Waals surface area contributed by atoms with E-state index >= 15 is 0 Å². The number of aromatic amines is 1. The van der Waals surface area contributed by atoms with Crippen LogP contribution in [-0.4, -0.2) is 29.1 Å². The molecule has 0 saturated carbocycles. The molecule has 0 bridgehead atoms. The zero-order valence-electron chi connectivity index (χ0n) is 11.6. The summed E-state index contributed by atoms with van der Waals surface area (Å²) in [4.78, 5) is 15.3. The van der Waals surface area contributed by atoms with E-state index in [1.165, 1.54) is 0 Å². The molecule has 0 aliphatic heterocycles. The Labute approximate surface area is 140 Å². The number of aliphatic hydroxyl groups is 1. The van der Waals surface area contributed by atoms with Crippen molar-refractivity contribution in [2.24, 2.45) is 0 Å². The summed E-state index contributed by atoms with van der Waals surface area (Å²) in [7, 11) is 0. The lowest BCUT2D eigenvalue weighted by atomic mass is 10.1. The normalized spacial score (nSPS) is 11.0. The molecular weight excluding hydrogens is 400 g/mol. The van der Waals surface area contributed by atoms with E-state index in [0.717, 1.165) is 45.5 Å². The van der Waals surface area contributed by atoms with Gasteiger partial charge in [0.05, 0.1) is 5.56 Å². The van der Waals surface area contributed by atoms with Gasteiger partial charge < -0.3 is 15.4 Å². The molecule has 4 nitrogen and oxygen atoms in total. The molecule has 0 fully saturated rings. The van der Waals surface area contributed by atoms with Crippen LogP contribution in [0.4, 0.5) is 0 Å². The summed E-state index contributed by atoms with van der Waals surface area (Å²) < 4.78 is 1.88. The smallest absolute Gasteiger partial charge is 0.253 e. The lowest BCUT2D eigenvalue weighted by molar-refractivity contribution is 0.0954. The van der Waals surface area contributed by atoms with Crippen molar-refractivity contribution in [3.63, 3.8) is 0 Å². The molecule has 2 rings (SSSR count). The minimum atomic E-state index is -0.0577. The van der Waals surface area contributed by atoms with Crippen LogP contribution in [-0.2, 0) is 0 Å². The highest BCUT2D eigenvalue weighted by Gasteiger charge is 2.13. The Morgan fingerprint density at radius 3 is 2.62 bits per heavy atom. The first-order valence-corrected chi connectivity index (χ1v) is 8.57. The Balaban J connectivity index is 1.95. The summed E-state index contributed by atoms with van der Waals surface area (Å²) in [5.41, 5.74) is 1.59. The third kappa shape index (κ3) is 4.31. The number of fused-ring (bicyclic) bond motifs is 1. The number of rotatable bonds is 7. The molecule has 21 heavy (non-hydrogen) atoms. The van der Waals surface area contributed by atoms with Crippen molar-refractivity contribution >= 4 is 48.7 Å². The van der Waals surface area contributed by atoms with Gasteiger partial charge >= 0.3 is 0 Å². The second kappa shape index (κ2) is 7.96. The van der Waals surface area contributed by atoms with E-state index in [-0.39, 0.29) is 12.5 Å². The van der Waals surface area contributed by atoms with Crippen LogP contribution in [0, 0.1) is 0 Å². The molecular formula is C15H18Br2N2O2. The molecule has 0 atom stereocenters. The molecule has 0 radical (unpaired) electrons. The van der Waals surface area contributed by atoms with Crippen LogP contribution in [0.15, 0.2) is 27.3 Å². The monoisotopic (exact) mass is 416 g/mol. The van der Waals surface area contributed by atoms with Gasteiger partial charge in [-0.1, -0.05) is 12.8 Å². The molecule has 2 aromatic rings. The first kappa shape index (κ1) is 16.5. The van der Waals surface area contributed by atoms with Gasteiger partial charge in [-0.2, -0.15) is 0 Å². The van der Waals surface area contributed by atoms with Crippen LogP contribution in [0.1, 0.15) is 36.0 Å². The highest BCUT2D eigenvalue weighted by molar-refractivity contribution is 9.13. The van der Waals surface area contributed by atoms with Gasteiger partial charge in [0.1, 0.15) is 0 Å². The Morgan fingerprint density at radius 1 is 1.14 bits per heavy atom. The number of amides is 1. The van der Waals surface area contributed by atoms with Crippen LogP contribution in [0.25, 0.3) is 10.9 Å². The van der Waals surface area contributed by atoms with Crippen LogP contribution in [0.2, 0.25) is 0 Å². The van der Waals surface area contributed by atoms with Gasteiger partial charge in [-0.25, -0.2) is 0 Å². The minimum Gasteiger partial charge on any atom is -0.396 e. The lowest BCUT2D eigenvalue weighted by Crippen LogP contribution is -2.24. The fourth-order valence-corrected chi connectivity index (χ4v) is 2.88. The average Bonchev–Trinajstić information content (AvgIpc) is 2.86. The predicted octanol–water partition coefficient (Wildman–Crippen LogP) is 3.98. The number of hydrogen-bond acceptors (Lipinski definition) is 2. The van der Waals surface area contributed by atoms with Crippen molar-refractivity contribution in [3.05, 3.63) is 32.8 Å².